The molecule has 126 valence electrons. The van der Waals surface area contributed by atoms with E-state index in [1.165, 1.54) is 5.56 Å². The second-order valence-electron chi connectivity index (χ2n) is 7.86. The first kappa shape index (κ1) is 14.7. The Morgan fingerprint density at radius 3 is 3.08 bits per heavy atom. The molecule has 0 radical (unpaired) electrons. The predicted octanol–water partition coefficient (Wildman–Crippen LogP) is 1.90. The Hall–Kier alpha value is -1.65. The van der Waals surface area contributed by atoms with Crippen LogP contribution in [0.1, 0.15) is 36.0 Å². The molecular formula is C20H23NO3. The smallest absolute Gasteiger partial charge is 0.174 e. The summed E-state index contributed by atoms with van der Waals surface area (Å²) in [6, 6.07) is 4.29. The van der Waals surface area contributed by atoms with E-state index in [1.807, 2.05) is 13.0 Å². The maximum Gasteiger partial charge on any atom is 0.174 e. The first-order valence-electron chi connectivity index (χ1n) is 8.92. The minimum atomic E-state index is -0.890. The van der Waals surface area contributed by atoms with Gasteiger partial charge < -0.3 is 9.84 Å². The molecule has 0 amide bonds. The standard InChI is InChI=1S/C20H23NO3/c1-3-9-21-10-8-19-16-13-5-4-12(2)17(16)24-18(19)14(22)6-7-20(19,23)15(21)11-13/h3-5,15,18,23H,1,6-11H2,2H3/t15-,18?,19+,20?/m1/s1. The molecule has 5 rings (SSSR count). The van der Waals surface area contributed by atoms with Gasteiger partial charge in [0.05, 0.1) is 11.0 Å². The molecule has 2 aliphatic carbocycles. The number of nitrogens with zero attached hydrogens (tertiary/aromatic N) is 1. The van der Waals surface area contributed by atoms with Gasteiger partial charge in [-0.3, -0.25) is 9.69 Å². The van der Waals surface area contributed by atoms with E-state index in [1.54, 1.807) is 0 Å². The third-order valence-corrected chi connectivity index (χ3v) is 6.95. The largest absolute Gasteiger partial charge is 0.481 e. The van der Waals surface area contributed by atoms with E-state index in [0.29, 0.717) is 12.8 Å². The quantitative estimate of drug-likeness (QED) is 0.844. The molecule has 4 aliphatic rings. The zero-order valence-electron chi connectivity index (χ0n) is 14.0. The molecule has 1 aromatic rings. The summed E-state index contributed by atoms with van der Waals surface area (Å²) in [6.45, 7) is 7.56. The number of aryl methyl sites for hydroxylation is 1. The second-order valence-corrected chi connectivity index (χ2v) is 7.86. The van der Waals surface area contributed by atoms with Crippen LogP contribution in [-0.2, 0) is 16.6 Å². The van der Waals surface area contributed by atoms with Gasteiger partial charge in [0.25, 0.3) is 0 Å². The van der Waals surface area contributed by atoms with Crippen LogP contribution >= 0.6 is 0 Å². The van der Waals surface area contributed by atoms with Gasteiger partial charge in [0.2, 0.25) is 0 Å². The number of hydrogen-bond acceptors (Lipinski definition) is 4. The highest BCUT2D eigenvalue weighted by Crippen LogP contribution is 2.63. The Bertz CT molecular complexity index is 772. The number of ketones is 1. The summed E-state index contributed by atoms with van der Waals surface area (Å²) in [4.78, 5) is 15.1. The van der Waals surface area contributed by atoms with Crippen LogP contribution in [0.5, 0.6) is 5.75 Å². The molecule has 1 spiro atoms. The molecule has 2 unspecified atom stereocenters. The van der Waals surface area contributed by atoms with Crippen LogP contribution in [0.2, 0.25) is 0 Å². The molecule has 4 atom stereocenters. The Labute approximate surface area is 142 Å². The Morgan fingerprint density at radius 1 is 1.46 bits per heavy atom. The number of hydrogen-bond donors (Lipinski definition) is 1. The van der Waals surface area contributed by atoms with Gasteiger partial charge in [0.15, 0.2) is 11.9 Å². The fourth-order valence-electron chi connectivity index (χ4n) is 5.95. The van der Waals surface area contributed by atoms with Crippen LogP contribution in [0.25, 0.3) is 0 Å². The number of piperidine rings is 1. The Morgan fingerprint density at radius 2 is 2.29 bits per heavy atom. The molecule has 1 saturated heterocycles. The van der Waals surface area contributed by atoms with Crippen molar-refractivity contribution >= 4 is 5.78 Å². The van der Waals surface area contributed by atoms with Gasteiger partial charge in [-0.25, -0.2) is 0 Å². The van der Waals surface area contributed by atoms with Gasteiger partial charge in [-0.15, -0.1) is 6.58 Å². The summed E-state index contributed by atoms with van der Waals surface area (Å²) in [5, 5.41) is 11.9. The van der Waals surface area contributed by atoms with Crippen molar-refractivity contribution in [3.63, 3.8) is 0 Å². The molecular weight excluding hydrogens is 302 g/mol. The van der Waals surface area contributed by atoms with Crippen molar-refractivity contribution in [3.8, 4) is 5.75 Å². The summed E-state index contributed by atoms with van der Waals surface area (Å²) in [5.74, 6) is 1.01. The molecule has 4 nitrogen and oxygen atoms in total. The number of likely N-dealkylation sites (tertiary alicyclic amines) is 1. The van der Waals surface area contributed by atoms with E-state index in [2.05, 4.69) is 23.6 Å². The molecule has 1 aromatic carbocycles. The maximum atomic E-state index is 12.7. The van der Waals surface area contributed by atoms with Crippen molar-refractivity contribution in [3.05, 3.63) is 41.5 Å². The lowest BCUT2D eigenvalue weighted by Gasteiger charge is -2.62. The van der Waals surface area contributed by atoms with Gasteiger partial charge >= 0.3 is 0 Å². The third kappa shape index (κ3) is 1.42. The van der Waals surface area contributed by atoms with Crippen LogP contribution in [0.4, 0.5) is 0 Å². The zero-order chi connectivity index (χ0) is 16.7. The van der Waals surface area contributed by atoms with Gasteiger partial charge in [0.1, 0.15) is 5.75 Å². The van der Waals surface area contributed by atoms with Crippen molar-refractivity contribution in [2.45, 2.75) is 55.8 Å². The number of ether oxygens (including phenoxy) is 1. The molecule has 4 heteroatoms. The number of rotatable bonds is 2. The second kappa shape index (κ2) is 4.50. The first-order valence-corrected chi connectivity index (χ1v) is 8.92. The monoisotopic (exact) mass is 325 g/mol. The highest BCUT2D eigenvalue weighted by Gasteiger charge is 2.72. The third-order valence-electron chi connectivity index (χ3n) is 6.95. The molecule has 1 N–H and O–H groups in total. The molecule has 24 heavy (non-hydrogen) atoms. The first-order chi connectivity index (χ1) is 11.5. The highest BCUT2D eigenvalue weighted by molar-refractivity contribution is 5.89. The highest BCUT2D eigenvalue weighted by atomic mass is 16.5. The normalized spacial score (nSPS) is 39.3. The summed E-state index contributed by atoms with van der Waals surface area (Å²) in [5.41, 5.74) is 2.01. The van der Waals surface area contributed by atoms with Crippen molar-refractivity contribution in [2.75, 3.05) is 13.1 Å². The minimum absolute atomic E-state index is 0.0320. The topological polar surface area (TPSA) is 49.8 Å². The summed E-state index contributed by atoms with van der Waals surface area (Å²) < 4.78 is 6.23. The lowest BCUT2D eigenvalue weighted by atomic mass is 9.49. The summed E-state index contributed by atoms with van der Waals surface area (Å²) in [7, 11) is 0. The molecule has 2 bridgehead atoms. The average molecular weight is 325 g/mol. The summed E-state index contributed by atoms with van der Waals surface area (Å²) >= 11 is 0. The predicted molar refractivity (Wildman–Crippen MR) is 90.3 cm³/mol. The zero-order valence-corrected chi connectivity index (χ0v) is 14.0. The van der Waals surface area contributed by atoms with E-state index in [0.717, 1.165) is 42.8 Å². The molecule has 0 aromatic heterocycles. The van der Waals surface area contributed by atoms with Gasteiger partial charge in [0, 0.05) is 31.1 Å². The van der Waals surface area contributed by atoms with E-state index in [9.17, 15) is 9.90 Å². The number of carbonyl (C=O) groups is 1. The van der Waals surface area contributed by atoms with Gasteiger partial charge in [-0.1, -0.05) is 18.2 Å². The van der Waals surface area contributed by atoms with Crippen molar-refractivity contribution < 1.29 is 14.6 Å². The van der Waals surface area contributed by atoms with E-state index >= 15 is 0 Å². The number of aliphatic hydroxyl groups is 1. The molecule has 2 fully saturated rings. The molecule has 1 saturated carbocycles. The van der Waals surface area contributed by atoms with Crippen LogP contribution in [-0.4, -0.2) is 46.6 Å². The number of Topliss-reactive ketones (excluding diaryl/α,β-unsaturated/α-hetero) is 1. The SMILES string of the molecule is C=CCN1CC[C@]23c4c5ccc(C)c4OC2C(=O)CCC3(O)[C@H]1C5. The van der Waals surface area contributed by atoms with E-state index in [4.69, 9.17) is 4.74 Å². The fraction of sp³-hybridized carbons (Fsp3) is 0.550. The Kier molecular flexibility index (Phi) is 2.75. The van der Waals surface area contributed by atoms with Crippen LogP contribution in [0.15, 0.2) is 24.8 Å². The molecule has 2 aliphatic heterocycles. The van der Waals surface area contributed by atoms with Crippen molar-refractivity contribution in [1.82, 2.24) is 4.90 Å². The van der Waals surface area contributed by atoms with E-state index < -0.39 is 17.1 Å². The van der Waals surface area contributed by atoms with Gasteiger partial charge in [-0.05, 0) is 37.3 Å². The Balaban J connectivity index is 1.80. The van der Waals surface area contributed by atoms with Gasteiger partial charge in [-0.2, -0.15) is 0 Å². The lowest BCUT2D eigenvalue weighted by Crippen LogP contribution is -2.76. The van der Waals surface area contributed by atoms with E-state index in [-0.39, 0.29) is 11.8 Å². The van der Waals surface area contributed by atoms with Crippen molar-refractivity contribution in [2.24, 2.45) is 0 Å². The molecule has 2 heterocycles. The van der Waals surface area contributed by atoms with Crippen molar-refractivity contribution in [1.29, 1.82) is 0 Å². The number of benzene rings is 1. The lowest BCUT2D eigenvalue weighted by molar-refractivity contribution is -0.187. The average Bonchev–Trinajstić information content (AvgIpc) is 2.91. The van der Waals surface area contributed by atoms with Crippen LogP contribution in [0.3, 0.4) is 0 Å². The number of carbonyl (C=O) groups excluding carboxylic acids is 1. The minimum Gasteiger partial charge on any atom is -0.481 e. The van der Waals surface area contributed by atoms with Crippen LogP contribution < -0.4 is 4.74 Å². The maximum absolute atomic E-state index is 12.7. The summed E-state index contributed by atoms with van der Waals surface area (Å²) in [6.07, 6.45) is 3.93. The fourth-order valence-corrected chi connectivity index (χ4v) is 5.95. The van der Waals surface area contributed by atoms with Crippen LogP contribution in [0, 0.1) is 6.92 Å².